The summed E-state index contributed by atoms with van der Waals surface area (Å²) in [6.45, 7) is 15.0. The highest BCUT2D eigenvalue weighted by atomic mass is 16.5. The molecule has 1 N–H and O–H groups in total. The monoisotopic (exact) mass is 500 g/mol. The largest absolute Gasteiger partial charge is 0.481 e. The third-order valence-electron chi connectivity index (χ3n) is 11.9. The predicted octanol–water partition coefficient (Wildman–Crippen LogP) is 8.19. The Hall–Kier alpha value is -1.32. The van der Waals surface area contributed by atoms with Gasteiger partial charge in [-0.2, -0.15) is 0 Å². The van der Waals surface area contributed by atoms with Crippen LogP contribution in [0.15, 0.2) is 11.6 Å². The second-order valence-corrected chi connectivity index (χ2v) is 14.2. The summed E-state index contributed by atoms with van der Waals surface area (Å²) in [5.74, 6) is 2.80. The maximum atomic E-state index is 12.2. The number of rotatable bonds is 9. The quantitative estimate of drug-likeness (QED) is 0.256. The molecule has 0 spiro atoms. The summed E-state index contributed by atoms with van der Waals surface area (Å²) >= 11 is 0. The topological polar surface area (TPSA) is 63.6 Å². The Morgan fingerprint density at radius 1 is 1.00 bits per heavy atom. The van der Waals surface area contributed by atoms with Gasteiger partial charge in [-0.3, -0.25) is 9.59 Å². The maximum Gasteiger partial charge on any atom is 0.306 e. The number of allylic oxidation sites excluding steroid dienone is 1. The number of carboxylic acid groups (broad SMARTS) is 1. The van der Waals surface area contributed by atoms with E-state index < -0.39 is 5.97 Å². The van der Waals surface area contributed by atoms with Crippen LogP contribution in [-0.2, 0) is 14.3 Å². The number of hydrogen-bond acceptors (Lipinski definition) is 3. The molecule has 0 aromatic carbocycles. The summed E-state index contributed by atoms with van der Waals surface area (Å²) in [7, 11) is 0. The number of hydrogen-bond donors (Lipinski definition) is 1. The SMILES string of the molecule is CC(C)CCC[C@@H](C)[C@H]1CC[C@H]2[C@@H]3CC=C4C[C@H](OC(=O)CCC(=O)O)CC[C@]4(C)[C@@]3(C)CC[C@]12C. The number of fused-ring (bicyclic) bond motifs is 5. The number of carbonyl (C=O) groups excluding carboxylic acids is 1. The average molecular weight is 501 g/mol. The zero-order chi connectivity index (χ0) is 26.3. The first-order chi connectivity index (χ1) is 16.9. The van der Waals surface area contributed by atoms with Crippen molar-refractivity contribution in [2.45, 2.75) is 131 Å². The first kappa shape index (κ1) is 27.7. The lowest BCUT2D eigenvalue weighted by Crippen LogP contribution is -2.57. The smallest absolute Gasteiger partial charge is 0.306 e. The summed E-state index contributed by atoms with van der Waals surface area (Å²) < 4.78 is 5.73. The van der Waals surface area contributed by atoms with E-state index in [0.717, 1.165) is 48.9 Å². The fourth-order valence-electron chi connectivity index (χ4n) is 9.54. The molecule has 0 bridgehead atoms. The molecule has 0 aromatic heterocycles. The van der Waals surface area contributed by atoms with Crippen molar-refractivity contribution in [3.05, 3.63) is 11.6 Å². The van der Waals surface area contributed by atoms with Crippen LogP contribution in [0.4, 0.5) is 0 Å². The minimum absolute atomic E-state index is 0.0285. The van der Waals surface area contributed by atoms with Crippen LogP contribution in [0.1, 0.15) is 125 Å². The van der Waals surface area contributed by atoms with Crippen LogP contribution in [-0.4, -0.2) is 23.1 Å². The van der Waals surface area contributed by atoms with E-state index >= 15 is 0 Å². The van der Waals surface area contributed by atoms with Gasteiger partial charge in [-0.15, -0.1) is 0 Å². The number of esters is 1. The van der Waals surface area contributed by atoms with Crippen molar-refractivity contribution >= 4 is 11.9 Å². The molecule has 4 heteroatoms. The van der Waals surface area contributed by atoms with Crippen LogP contribution in [0.3, 0.4) is 0 Å². The summed E-state index contributed by atoms with van der Waals surface area (Å²) in [6, 6.07) is 0. The van der Waals surface area contributed by atoms with Gasteiger partial charge in [-0.25, -0.2) is 0 Å². The number of ether oxygens (including phenoxy) is 1. The molecular weight excluding hydrogens is 448 g/mol. The van der Waals surface area contributed by atoms with E-state index in [4.69, 9.17) is 9.84 Å². The normalized spacial score (nSPS) is 40.6. The fourth-order valence-corrected chi connectivity index (χ4v) is 9.54. The highest BCUT2D eigenvalue weighted by molar-refractivity contribution is 5.76. The molecule has 3 fully saturated rings. The van der Waals surface area contributed by atoms with Crippen molar-refractivity contribution in [1.29, 1.82) is 0 Å². The molecule has 4 nitrogen and oxygen atoms in total. The number of carboxylic acids is 1. The maximum absolute atomic E-state index is 12.2. The average Bonchev–Trinajstić information content (AvgIpc) is 3.15. The van der Waals surface area contributed by atoms with Crippen LogP contribution in [0.2, 0.25) is 0 Å². The second kappa shape index (κ2) is 10.4. The van der Waals surface area contributed by atoms with Crippen molar-refractivity contribution in [2.24, 2.45) is 45.8 Å². The molecule has 0 aromatic rings. The van der Waals surface area contributed by atoms with E-state index in [9.17, 15) is 9.59 Å². The zero-order valence-electron chi connectivity index (χ0n) is 23.9. The molecule has 4 aliphatic carbocycles. The summed E-state index contributed by atoms with van der Waals surface area (Å²) in [4.78, 5) is 23.0. The van der Waals surface area contributed by atoms with Gasteiger partial charge in [0, 0.05) is 6.42 Å². The molecule has 4 rings (SSSR count). The van der Waals surface area contributed by atoms with Gasteiger partial charge in [0.15, 0.2) is 0 Å². The highest BCUT2D eigenvalue weighted by Gasteiger charge is 2.64. The molecule has 8 atom stereocenters. The Labute approximate surface area is 220 Å². The van der Waals surface area contributed by atoms with Gasteiger partial charge in [-0.1, -0.05) is 72.5 Å². The molecule has 0 saturated heterocycles. The van der Waals surface area contributed by atoms with E-state index in [1.165, 1.54) is 56.9 Å². The molecule has 0 heterocycles. The molecule has 0 radical (unpaired) electrons. The van der Waals surface area contributed by atoms with Crippen LogP contribution >= 0.6 is 0 Å². The van der Waals surface area contributed by atoms with Crippen LogP contribution in [0.5, 0.6) is 0 Å². The van der Waals surface area contributed by atoms with Crippen LogP contribution in [0, 0.1) is 45.8 Å². The number of aliphatic carboxylic acids is 1. The molecule has 204 valence electrons. The van der Waals surface area contributed by atoms with Crippen molar-refractivity contribution in [2.75, 3.05) is 0 Å². The Balaban J connectivity index is 1.45. The van der Waals surface area contributed by atoms with Gasteiger partial charge < -0.3 is 9.84 Å². The molecular formula is C32H52O4. The van der Waals surface area contributed by atoms with Crippen molar-refractivity contribution in [3.63, 3.8) is 0 Å². The molecule has 0 aliphatic heterocycles. The summed E-state index contributed by atoms with van der Waals surface area (Å²) in [5, 5.41) is 8.87. The standard InChI is InChI=1S/C32H52O4/c1-21(2)8-7-9-22(3)25-12-13-26-27-11-10-23-20-24(36-29(35)15-14-28(33)34)16-17-31(23,5)32(27,6)19-18-30(25,26)4/h10,21-22,24-27H,7-9,11-20H2,1-6H3,(H,33,34)/t22-,24-,25-,26+,27+,30-,31+,32+/m1/s1. The van der Waals surface area contributed by atoms with E-state index in [1.807, 2.05) is 0 Å². The molecule has 0 amide bonds. The van der Waals surface area contributed by atoms with E-state index in [0.29, 0.717) is 10.8 Å². The number of carbonyl (C=O) groups is 2. The Kier molecular flexibility index (Phi) is 8.04. The van der Waals surface area contributed by atoms with Crippen molar-refractivity contribution < 1.29 is 19.4 Å². The lowest BCUT2D eigenvalue weighted by Gasteiger charge is -2.64. The molecule has 3 saturated carbocycles. The van der Waals surface area contributed by atoms with Gasteiger partial charge in [0.05, 0.1) is 12.8 Å². The fraction of sp³-hybridized carbons (Fsp3) is 0.875. The minimum Gasteiger partial charge on any atom is -0.481 e. The summed E-state index contributed by atoms with van der Waals surface area (Å²) in [6.07, 6.45) is 15.9. The molecule has 0 unspecified atom stereocenters. The van der Waals surface area contributed by atoms with Crippen LogP contribution < -0.4 is 0 Å². The Morgan fingerprint density at radius 2 is 1.75 bits per heavy atom. The van der Waals surface area contributed by atoms with Gasteiger partial charge in [-0.05, 0) is 90.8 Å². The van der Waals surface area contributed by atoms with Gasteiger partial charge in [0.25, 0.3) is 0 Å². The predicted molar refractivity (Wildman–Crippen MR) is 144 cm³/mol. The Morgan fingerprint density at radius 3 is 2.44 bits per heavy atom. The van der Waals surface area contributed by atoms with Crippen LogP contribution in [0.25, 0.3) is 0 Å². The molecule has 36 heavy (non-hydrogen) atoms. The third kappa shape index (κ3) is 4.92. The van der Waals surface area contributed by atoms with Crippen molar-refractivity contribution in [1.82, 2.24) is 0 Å². The zero-order valence-corrected chi connectivity index (χ0v) is 23.9. The van der Waals surface area contributed by atoms with Gasteiger partial charge in [0.2, 0.25) is 0 Å². The molecule has 4 aliphatic rings. The summed E-state index contributed by atoms with van der Waals surface area (Å²) in [5.41, 5.74) is 2.49. The van der Waals surface area contributed by atoms with Crippen molar-refractivity contribution in [3.8, 4) is 0 Å². The Bertz CT molecular complexity index is 860. The lowest BCUT2D eigenvalue weighted by molar-refractivity contribution is -0.156. The first-order valence-corrected chi connectivity index (χ1v) is 15.0. The minimum atomic E-state index is -0.944. The second-order valence-electron chi connectivity index (χ2n) is 14.2. The van der Waals surface area contributed by atoms with E-state index in [2.05, 4.69) is 47.6 Å². The van der Waals surface area contributed by atoms with Gasteiger partial charge in [0.1, 0.15) is 6.10 Å². The van der Waals surface area contributed by atoms with E-state index in [-0.39, 0.29) is 30.3 Å². The first-order valence-electron chi connectivity index (χ1n) is 15.0. The van der Waals surface area contributed by atoms with E-state index in [1.54, 1.807) is 0 Å². The van der Waals surface area contributed by atoms with Gasteiger partial charge >= 0.3 is 11.9 Å². The lowest BCUT2D eigenvalue weighted by atomic mass is 9.40. The third-order valence-corrected chi connectivity index (χ3v) is 11.9. The highest BCUT2D eigenvalue weighted by Crippen LogP contribution is 2.72.